The van der Waals surface area contributed by atoms with Crippen LogP contribution >= 0.6 is 11.3 Å². The Bertz CT molecular complexity index is 818. The molecular formula is C21H28N2O3S. The summed E-state index contributed by atoms with van der Waals surface area (Å²) in [5.41, 5.74) is 9.43. The standard InChI is InChI=1S/C21H28N2O3S/c1-21(2)10-9-16-15(11-21)18(20(25)26)19(27-16)23-17(24)8-7-13-3-5-14(12-22)6-4-13/h3,5H,4,6-12,22H2,1-2H3,(H,23,24)(H,25,26). The van der Waals surface area contributed by atoms with Gasteiger partial charge in [-0.2, -0.15) is 0 Å². The molecule has 2 aliphatic rings. The number of carboxylic acids is 1. The predicted molar refractivity (Wildman–Crippen MR) is 109 cm³/mol. The lowest BCUT2D eigenvalue weighted by molar-refractivity contribution is -0.116. The van der Waals surface area contributed by atoms with Crippen LogP contribution in [0.4, 0.5) is 5.00 Å². The first-order valence-corrected chi connectivity index (χ1v) is 10.4. The van der Waals surface area contributed by atoms with E-state index in [1.807, 2.05) is 6.08 Å². The van der Waals surface area contributed by atoms with Crippen LogP contribution < -0.4 is 11.1 Å². The van der Waals surface area contributed by atoms with Crippen LogP contribution in [0.5, 0.6) is 0 Å². The number of thiophene rings is 1. The van der Waals surface area contributed by atoms with Gasteiger partial charge in [-0.15, -0.1) is 11.3 Å². The fraction of sp³-hybridized carbons (Fsp3) is 0.524. The molecule has 146 valence electrons. The number of aryl methyl sites for hydroxylation is 1. The number of hydrogen-bond acceptors (Lipinski definition) is 4. The lowest BCUT2D eigenvalue weighted by Crippen LogP contribution is -2.22. The molecule has 0 saturated heterocycles. The van der Waals surface area contributed by atoms with E-state index in [9.17, 15) is 14.7 Å². The quantitative estimate of drug-likeness (QED) is 0.678. The van der Waals surface area contributed by atoms with E-state index in [1.165, 1.54) is 22.5 Å². The zero-order chi connectivity index (χ0) is 19.6. The third kappa shape index (κ3) is 4.68. The Morgan fingerprint density at radius 3 is 2.56 bits per heavy atom. The third-order valence-corrected chi connectivity index (χ3v) is 6.71. The number of amides is 1. The van der Waals surface area contributed by atoms with Crippen molar-refractivity contribution in [2.24, 2.45) is 11.1 Å². The monoisotopic (exact) mass is 388 g/mol. The topological polar surface area (TPSA) is 92.4 Å². The van der Waals surface area contributed by atoms with Gasteiger partial charge in [0.2, 0.25) is 5.91 Å². The van der Waals surface area contributed by atoms with Gasteiger partial charge in [-0.25, -0.2) is 4.79 Å². The van der Waals surface area contributed by atoms with Crippen molar-refractivity contribution in [3.63, 3.8) is 0 Å². The molecule has 0 saturated carbocycles. The van der Waals surface area contributed by atoms with E-state index in [4.69, 9.17) is 5.73 Å². The molecule has 4 N–H and O–H groups in total. The normalized spacial score (nSPS) is 18.3. The van der Waals surface area contributed by atoms with Gasteiger partial charge in [0.1, 0.15) is 5.00 Å². The number of nitrogens with two attached hydrogens (primary N) is 1. The molecule has 0 bridgehead atoms. The summed E-state index contributed by atoms with van der Waals surface area (Å²) in [6.45, 7) is 4.92. The summed E-state index contributed by atoms with van der Waals surface area (Å²) >= 11 is 1.43. The highest BCUT2D eigenvalue weighted by atomic mass is 32.1. The summed E-state index contributed by atoms with van der Waals surface area (Å²) < 4.78 is 0. The second-order valence-electron chi connectivity index (χ2n) is 8.26. The molecule has 1 aromatic rings. The number of nitrogens with one attached hydrogen (secondary N) is 1. The van der Waals surface area contributed by atoms with Crippen LogP contribution in [0, 0.1) is 5.41 Å². The summed E-state index contributed by atoms with van der Waals surface area (Å²) in [6.07, 6.45) is 9.75. The average Bonchev–Trinajstić information content (AvgIpc) is 2.96. The van der Waals surface area contributed by atoms with Gasteiger partial charge in [0.05, 0.1) is 5.56 Å². The fourth-order valence-corrected chi connectivity index (χ4v) is 5.02. The van der Waals surface area contributed by atoms with E-state index in [2.05, 4.69) is 25.2 Å². The summed E-state index contributed by atoms with van der Waals surface area (Å²) in [7, 11) is 0. The van der Waals surface area contributed by atoms with Gasteiger partial charge in [0, 0.05) is 17.8 Å². The Kier molecular flexibility index (Phi) is 5.86. The van der Waals surface area contributed by atoms with Gasteiger partial charge >= 0.3 is 5.97 Å². The number of anilines is 1. The fourth-order valence-electron chi connectivity index (χ4n) is 3.80. The highest BCUT2D eigenvalue weighted by molar-refractivity contribution is 7.17. The van der Waals surface area contributed by atoms with Gasteiger partial charge in [-0.3, -0.25) is 4.79 Å². The van der Waals surface area contributed by atoms with E-state index < -0.39 is 5.97 Å². The summed E-state index contributed by atoms with van der Waals surface area (Å²) in [5.74, 6) is -1.07. The minimum absolute atomic E-state index is 0.100. The number of rotatable bonds is 6. The van der Waals surface area contributed by atoms with Gasteiger partial charge in [0.15, 0.2) is 0 Å². The lowest BCUT2D eigenvalue weighted by atomic mass is 9.76. The smallest absolute Gasteiger partial charge is 0.339 e. The Morgan fingerprint density at radius 2 is 1.93 bits per heavy atom. The second kappa shape index (κ2) is 7.98. The first kappa shape index (κ1) is 19.8. The van der Waals surface area contributed by atoms with E-state index in [0.29, 0.717) is 30.0 Å². The summed E-state index contributed by atoms with van der Waals surface area (Å²) in [4.78, 5) is 25.4. The highest BCUT2D eigenvalue weighted by Gasteiger charge is 2.33. The first-order chi connectivity index (χ1) is 12.8. The van der Waals surface area contributed by atoms with Gasteiger partial charge < -0.3 is 16.2 Å². The average molecular weight is 389 g/mol. The molecule has 0 aliphatic heterocycles. The molecule has 0 aromatic carbocycles. The lowest BCUT2D eigenvalue weighted by Gasteiger charge is -2.29. The molecule has 0 fully saturated rings. The van der Waals surface area contributed by atoms with Crippen LogP contribution in [0.2, 0.25) is 0 Å². The Balaban J connectivity index is 1.68. The number of allylic oxidation sites excluding steroid dienone is 3. The second-order valence-corrected chi connectivity index (χ2v) is 9.36. The van der Waals surface area contributed by atoms with Gasteiger partial charge in [-0.05, 0) is 49.5 Å². The number of aromatic carboxylic acids is 1. The SMILES string of the molecule is CC1(C)CCc2sc(NC(=O)CCC3=CC=C(CN)CC3)c(C(=O)O)c2C1. The maximum atomic E-state index is 12.4. The Hall–Kier alpha value is -1.92. The third-order valence-electron chi connectivity index (χ3n) is 5.50. The highest BCUT2D eigenvalue weighted by Crippen LogP contribution is 2.43. The maximum absolute atomic E-state index is 12.4. The van der Waals surface area contributed by atoms with Crippen molar-refractivity contribution in [2.45, 2.75) is 58.8 Å². The molecule has 0 unspecified atom stereocenters. The molecule has 1 heterocycles. The number of carbonyl (C=O) groups excluding carboxylic acids is 1. The van der Waals surface area contributed by atoms with Crippen molar-refractivity contribution in [2.75, 3.05) is 11.9 Å². The maximum Gasteiger partial charge on any atom is 0.339 e. The van der Waals surface area contributed by atoms with E-state index in [1.54, 1.807) is 0 Å². The van der Waals surface area contributed by atoms with E-state index in [-0.39, 0.29) is 11.3 Å². The molecule has 5 nitrogen and oxygen atoms in total. The van der Waals surface area contributed by atoms with Crippen molar-refractivity contribution in [1.82, 2.24) is 0 Å². The molecule has 0 atom stereocenters. The van der Waals surface area contributed by atoms with Crippen molar-refractivity contribution < 1.29 is 14.7 Å². The van der Waals surface area contributed by atoms with Crippen LogP contribution in [-0.4, -0.2) is 23.5 Å². The first-order valence-electron chi connectivity index (χ1n) is 9.54. The zero-order valence-corrected chi connectivity index (χ0v) is 16.9. The molecule has 2 aliphatic carbocycles. The van der Waals surface area contributed by atoms with Gasteiger partial charge in [0.25, 0.3) is 0 Å². The van der Waals surface area contributed by atoms with E-state index >= 15 is 0 Å². The van der Waals surface area contributed by atoms with Crippen molar-refractivity contribution >= 4 is 28.2 Å². The molecule has 1 aromatic heterocycles. The summed E-state index contributed by atoms with van der Waals surface area (Å²) in [6, 6.07) is 0. The Labute approximate surface area is 164 Å². The number of carboxylic acid groups (broad SMARTS) is 1. The minimum Gasteiger partial charge on any atom is -0.478 e. The molecule has 0 spiro atoms. The predicted octanol–water partition coefficient (Wildman–Crippen LogP) is 4.29. The van der Waals surface area contributed by atoms with Crippen molar-refractivity contribution in [3.8, 4) is 0 Å². The number of fused-ring (bicyclic) bond motifs is 1. The summed E-state index contributed by atoms with van der Waals surface area (Å²) in [5, 5.41) is 13.1. The minimum atomic E-state index is -0.949. The number of hydrogen-bond donors (Lipinski definition) is 3. The van der Waals surface area contributed by atoms with Crippen molar-refractivity contribution in [3.05, 3.63) is 39.3 Å². The van der Waals surface area contributed by atoms with Crippen LogP contribution in [-0.2, 0) is 17.6 Å². The molecule has 0 radical (unpaired) electrons. The van der Waals surface area contributed by atoms with Crippen molar-refractivity contribution in [1.29, 1.82) is 0 Å². The largest absolute Gasteiger partial charge is 0.478 e. The van der Waals surface area contributed by atoms with Crippen LogP contribution in [0.15, 0.2) is 23.3 Å². The van der Waals surface area contributed by atoms with Crippen LogP contribution in [0.1, 0.15) is 66.8 Å². The Morgan fingerprint density at radius 1 is 1.22 bits per heavy atom. The van der Waals surface area contributed by atoms with E-state index in [0.717, 1.165) is 42.5 Å². The molecule has 27 heavy (non-hydrogen) atoms. The van der Waals surface area contributed by atoms with Gasteiger partial charge in [-0.1, -0.05) is 37.1 Å². The molecule has 3 rings (SSSR count). The number of carbonyl (C=O) groups is 2. The molecule has 6 heteroatoms. The van der Waals surface area contributed by atoms with Crippen LogP contribution in [0.3, 0.4) is 0 Å². The molecule has 1 amide bonds. The molecular weight excluding hydrogens is 360 g/mol. The van der Waals surface area contributed by atoms with Crippen LogP contribution in [0.25, 0.3) is 0 Å². The zero-order valence-electron chi connectivity index (χ0n) is 16.1.